The Balaban J connectivity index is 1.91. The van der Waals surface area contributed by atoms with Crippen LogP contribution in [0.25, 0.3) is 11.3 Å². The summed E-state index contributed by atoms with van der Waals surface area (Å²) in [7, 11) is 0. The molecule has 0 radical (unpaired) electrons. The predicted molar refractivity (Wildman–Crippen MR) is 149 cm³/mol. The average Bonchev–Trinajstić information content (AvgIpc) is 3.31. The van der Waals surface area contributed by atoms with Crippen molar-refractivity contribution in [2.45, 2.75) is 46.5 Å². The second kappa shape index (κ2) is 12.3. The van der Waals surface area contributed by atoms with Crippen LogP contribution in [-0.4, -0.2) is 36.0 Å². The summed E-state index contributed by atoms with van der Waals surface area (Å²) in [6.45, 7) is 7.46. The van der Waals surface area contributed by atoms with Crippen molar-refractivity contribution >= 4 is 33.6 Å². The van der Waals surface area contributed by atoms with Crippen LogP contribution < -0.4 is 0 Å². The highest BCUT2D eigenvalue weighted by molar-refractivity contribution is 9.10. The van der Waals surface area contributed by atoms with Gasteiger partial charge in [0.1, 0.15) is 17.4 Å². The summed E-state index contributed by atoms with van der Waals surface area (Å²) in [6.07, 6.45) is 1.19. The van der Waals surface area contributed by atoms with E-state index in [-0.39, 0.29) is 13.2 Å². The summed E-state index contributed by atoms with van der Waals surface area (Å²) in [5, 5.41) is 4.47. The molecule has 2 unspecified atom stereocenters. The van der Waals surface area contributed by atoms with E-state index in [2.05, 4.69) is 32.1 Å². The number of hydrogen-bond donors (Lipinski definition) is 0. The van der Waals surface area contributed by atoms with Crippen LogP contribution in [0, 0.1) is 5.92 Å². The molecule has 0 saturated heterocycles. The first-order chi connectivity index (χ1) is 18.3. The summed E-state index contributed by atoms with van der Waals surface area (Å²) in [6, 6.07) is 17.7. The van der Waals surface area contributed by atoms with Crippen LogP contribution in [0.3, 0.4) is 0 Å². The number of rotatable bonds is 9. The number of allylic oxidation sites excluding steroid dienone is 1. The maximum atomic E-state index is 13.4. The highest BCUT2D eigenvalue weighted by Crippen LogP contribution is 2.45. The number of ether oxygens (including phenoxy) is 2. The zero-order valence-electron chi connectivity index (χ0n) is 22.0. The smallest absolute Gasteiger partial charge is 0.336 e. The Kier molecular flexibility index (Phi) is 8.94. The average molecular weight is 579 g/mol. The molecule has 1 aliphatic rings. The number of esters is 2. The molecule has 1 aliphatic heterocycles. The molecule has 0 aliphatic carbocycles. The largest absolute Gasteiger partial charge is 0.465 e. The summed E-state index contributed by atoms with van der Waals surface area (Å²) in [4.78, 5) is 31.3. The van der Waals surface area contributed by atoms with Crippen LogP contribution in [0.5, 0.6) is 0 Å². The fourth-order valence-corrected chi connectivity index (χ4v) is 5.39. The maximum Gasteiger partial charge on any atom is 0.336 e. The first kappa shape index (κ1) is 27.5. The second-order valence-corrected chi connectivity index (χ2v) is 9.96. The molecule has 3 aromatic rings. The van der Waals surface area contributed by atoms with Gasteiger partial charge in [-0.05, 0) is 51.8 Å². The van der Waals surface area contributed by atoms with E-state index < -0.39 is 23.8 Å². The van der Waals surface area contributed by atoms with Crippen LogP contribution in [0.2, 0.25) is 0 Å². The molecule has 38 heavy (non-hydrogen) atoms. The van der Waals surface area contributed by atoms with E-state index in [0.717, 1.165) is 15.6 Å². The standard InChI is InChI=1S/C30H31BrN2O5/c1-5-36-29(34)24-18(3)32-19(4)25(30(35)37-6-2)27(24)26-23(16-15-20-11-10-14-22(31)17-20)38-33-28(26)21-12-8-7-9-13-21/h7-14,17,24,27H,5-6,15-16H2,1-4H3. The molecule has 0 saturated carbocycles. The van der Waals surface area contributed by atoms with Crippen molar-refractivity contribution in [1.29, 1.82) is 0 Å². The highest BCUT2D eigenvalue weighted by atomic mass is 79.9. The molecule has 1 aromatic heterocycles. The summed E-state index contributed by atoms with van der Waals surface area (Å²) in [5.41, 5.74) is 4.59. The van der Waals surface area contributed by atoms with E-state index in [0.29, 0.717) is 46.8 Å². The van der Waals surface area contributed by atoms with Gasteiger partial charge in [-0.1, -0.05) is 63.6 Å². The molecule has 2 atom stereocenters. The van der Waals surface area contributed by atoms with Crippen LogP contribution in [0.1, 0.15) is 50.5 Å². The van der Waals surface area contributed by atoms with E-state index in [4.69, 9.17) is 14.0 Å². The van der Waals surface area contributed by atoms with E-state index in [1.165, 1.54) is 0 Å². The van der Waals surface area contributed by atoms with Crippen molar-refractivity contribution in [3.63, 3.8) is 0 Å². The van der Waals surface area contributed by atoms with Gasteiger partial charge in [-0.3, -0.25) is 9.79 Å². The molecule has 0 spiro atoms. The molecule has 7 nitrogen and oxygen atoms in total. The minimum absolute atomic E-state index is 0.194. The van der Waals surface area contributed by atoms with E-state index in [1.807, 2.05) is 48.5 Å². The zero-order chi connectivity index (χ0) is 27.2. The Morgan fingerprint density at radius 3 is 2.39 bits per heavy atom. The Morgan fingerprint density at radius 1 is 0.974 bits per heavy atom. The Morgan fingerprint density at radius 2 is 1.71 bits per heavy atom. The molecule has 4 rings (SSSR count). The Labute approximate surface area is 231 Å². The van der Waals surface area contributed by atoms with Gasteiger partial charge >= 0.3 is 11.9 Å². The quantitative estimate of drug-likeness (QED) is 0.270. The zero-order valence-corrected chi connectivity index (χ0v) is 23.6. The lowest BCUT2D eigenvalue weighted by molar-refractivity contribution is -0.146. The molecular formula is C30H31BrN2O5. The van der Waals surface area contributed by atoms with Crippen molar-refractivity contribution in [2.24, 2.45) is 10.9 Å². The van der Waals surface area contributed by atoms with Crippen LogP contribution >= 0.6 is 15.9 Å². The topological polar surface area (TPSA) is 91.0 Å². The first-order valence-electron chi connectivity index (χ1n) is 12.7. The van der Waals surface area contributed by atoms with E-state index in [1.54, 1.807) is 27.7 Å². The van der Waals surface area contributed by atoms with Crippen molar-refractivity contribution < 1.29 is 23.6 Å². The van der Waals surface area contributed by atoms with E-state index in [9.17, 15) is 9.59 Å². The first-order valence-corrected chi connectivity index (χ1v) is 13.5. The SMILES string of the molecule is CCOC(=O)C1=C(C)N=C(C)C(C(=O)OCC)C1c1c(-c2ccccc2)noc1CCc1cccc(Br)c1. The van der Waals surface area contributed by atoms with Gasteiger partial charge in [-0.2, -0.15) is 0 Å². The number of hydrogen-bond acceptors (Lipinski definition) is 7. The van der Waals surface area contributed by atoms with Gasteiger partial charge in [0.25, 0.3) is 0 Å². The van der Waals surface area contributed by atoms with Gasteiger partial charge in [-0.15, -0.1) is 0 Å². The molecule has 0 bridgehead atoms. The van der Waals surface area contributed by atoms with Gasteiger partial charge in [0.05, 0.1) is 18.8 Å². The minimum atomic E-state index is -0.829. The monoisotopic (exact) mass is 578 g/mol. The van der Waals surface area contributed by atoms with E-state index >= 15 is 0 Å². The van der Waals surface area contributed by atoms with Crippen molar-refractivity contribution in [2.75, 3.05) is 13.2 Å². The fourth-order valence-electron chi connectivity index (χ4n) is 4.95. The molecule has 0 fully saturated rings. The fraction of sp³-hybridized carbons (Fsp3) is 0.333. The van der Waals surface area contributed by atoms with Gasteiger partial charge in [0.2, 0.25) is 0 Å². The van der Waals surface area contributed by atoms with Gasteiger partial charge < -0.3 is 14.0 Å². The summed E-state index contributed by atoms with van der Waals surface area (Å²) < 4.78 is 17.9. The number of carbonyl (C=O) groups excluding carboxylic acids is 2. The van der Waals surface area contributed by atoms with Crippen molar-refractivity contribution in [3.05, 3.63) is 87.2 Å². The van der Waals surface area contributed by atoms with Crippen LogP contribution in [-0.2, 0) is 31.9 Å². The Hall–Kier alpha value is -3.52. The molecular weight excluding hydrogens is 548 g/mol. The minimum Gasteiger partial charge on any atom is -0.465 e. The molecule has 198 valence electrons. The van der Waals surface area contributed by atoms with Gasteiger partial charge in [0, 0.05) is 39.3 Å². The van der Waals surface area contributed by atoms with Crippen LogP contribution in [0.15, 0.2) is 79.9 Å². The van der Waals surface area contributed by atoms with Gasteiger partial charge in [-0.25, -0.2) is 4.79 Å². The number of carbonyl (C=O) groups is 2. The third kappa shape index (κ3) is 5.80. The highest BCUT2D eigenvalue weighted by Gasteiger charge is 2.45. The normalized spacial score (nSPS) is 17.2. The third-order valence-electron chi connectivity index (χ3n) is 6.55. The lowest BCUT2D eigenvalue weighted by atomic mass is 9.74. The number of aliphatic imine (C=N–C) groups is 1. The lowest BCUT2D eigenvalue weighted by Gasteiger charge is -2.31. The molecule has 0 N–H and O–H groups in total. The predicted octanol–water partition coefficient (Wildman–Crippen LogP) is 6.46. The van der Waals surface area contributed by atoms with Crippen molar-refractivity contribution in [3.8, 4) is 11.3 Å². The number of benzene rings is 2. The number of aromatic nitrogens is 1. The maximum absolute atomic E-state index is 13.4. The molecule has 2 aromatic carbocycles. The lowest BCUT2D eigenvalue weighted by Crippen LogP contribution is -2.37. The summed E-state index contributed by atoms with van der Waals surface area (Å²) in [5.74, 6) is -1.92. The second-order valence-electron chi connectivity index (χ2n) is 9.04. The van der Waals surface area contributed by atoms with Crippen molar-refractivity contribution in [1.82, 2.24) is 5.16 Å². The molecule has 8 heteroatoms. The van der Waals surface area contributed by atoms with Crippen LogP contribution in [0.4, 0.5) is 0 Å². The number of halogens is 1. The molecule has 0 amide bonds. The number of aryl methyl sites for hydroxylation is 2. The molecule has 2 heterocycles. The number of nitrogens with zero attached hydrogens (tertiary/aromatic N) is 2. The Bertz CT molecular complexity index is 1380. The summed E-state index contributed by atoms with van der Waals surface area (Å²) >= 11 is 3.53. The van der Waals surface area contributed by atoms with Gasteiger partial charge in [0.15, 0.2) is 0 Å². The third-order valence-corrected chi connectivity index (χ3v) is 7.05.